The standard InChI is InChI=1S/3C9H19.Hf.H2O/c3*1-3-5-7-9-8-6-4-2;;/h3*1,3-9H2,2H3;;1H2/q3*-1;;. The third kappa shape index (κ3) is 58.5. The second-order valence-electron chi connectivity index (χ2n) is 7.86. The van der Waals surface area contributed by atoms with E-state index in [1.54, 1.807) is 0 Å². The van der Waals surface area contributed by atoms with E-state index in [1.165, 1.54) is 116 Å². The molecule has 0 bridgehead atoms. The number of hydrogen-bond donors (Lipinski definition) is 0. The molecule has 0 aliphatic rings. The van der Waals surface area contributed by atoms with Crippen LogP contribution in [0.3, 0.4) is 0 Å². The Balaban J connectivity index is -0.0000000960. The first-order valence-corrected chi connectivity index (χ1v) is 12.6. The zero-order valence-electron chi connectivity index (χ0n) is 21.0. The van der Waals surface area contributed by atoms with Gasteiger partial charge in [-0.15, -0.1) is 0 Å². The van der Waals surface area contributed by atoms with Crippen LogP contribution in [0.2, 0.25) is 0 Å². The van der Waals surface area contributed by atoms with Crippen molar-refractivity contribution in [3.8, 4) is 0 Å². The second kappa shape index (κ2) is 46.9. The Kier molecular flexibility index (Phi) is 65.0. The Labute approximate surface area is 207 Å². The van der Waals surface area contributed by atoms with Crippen LogP contribution in [0.1, 0.15) is 156 Å². The van der Waals surface area contributed by atoms with Crippen LogP contribution in [-0.2, 0) is 25.8 Å². The van der Waals surface area contributed by atoms with Crippen LogP contribution in [0, 0.1) is 20.8 Å². The van der Waals surface area contributed by atoms with Crippen molar-refractivity contribution in [2.24, 2.45) is 0 Å². The molecule has 0 aliphatic heterocycles. The normalized spacial score (nSPS) is 9.31. The Morgan fingerprint density at radius 1 is 0.345 bits per heavy atom. The first-order chi connectivity index (χ1) is 13.2. The predicted molar refractivity (Wildman–Crippen MR) is 134 cm³/mol. The summed E-state index contributed by atoms with van der Waals surface area (Å²) in [6, 6.07) is 0. The van der Waals surface area contributed by atoms with Gasteiger partial charge in [0.2, 0.25) is 0 Å². The molecule has 180 valence electrons. The van der Waals surface area contributed by atoms with Gasteiger partial charge >= 0.3 is 0 Å². The molecule has 0 atom stereocenters. The zero-order chi connectivity index (χ0) is 20.8. The summed E-state index contributed by atoms with van der Waals surface area (Å²) in [5.41, 5.74) is 0. The van der Waals surface area contributed by atoms with Crippen molar-refractivity contribution in [2.75, 3.05) is 0 Å². The average Bonchev–Trinajstić information content (AvgIpc) is 2.69. The van der Waals surface area contributed by atoms with Gasteiger partial charge < -0.3 is 26.2 Å². The molecule has 1 nitrogen and oxygen atoms in total. The molecular weight excluding hydrogens is 519 g/mol. The predicted octanol–water partition coefficient (Wildman–Crippen LogP) is 9.89. The fraction of sp³-hybridized carbons (Fsp3) is 0.889. The van der Waals surface area contributed by atoms with Gasteiger partial charge in [0, 0.05) is 25.8 Å². The smallest absolute Gasteiger partial charge is 0 e. The largest absolute Gasteiger partial charge is 0.412 e. The molecule has 0 amide bonds. The van der Waals surface area contributed by atoms with Gasteiger partial charge in [0.1, 0.15) is 0 Å². The summed E-state index contributed by atoms with van der Waals surface area (Å²) in [6.45, 7) is 18.2. The van der Waals surface area contributed by atoms with E-state index in [0.717, 1.165) is 19.3 Å². The summed E-state index contributed by atoms with van der Waals surface area (Å²) in [4.78, 5) is 0. The molecule has 0 unspecified atom stereocenters. The molecule has 2 N–H and O–H groups in total. The maximum Gasteiger partial charge on any atom is 0 e. The first kappa shape index (κ1) is 40.2. The van der Waals surface area contributed by atoms with E-state index < -0.39 is 0 Å². The molecule has 0 aromatic heterocycles. The van der Waals surface area contributed by atoms with Gasteiger partial charge in [-0.2, -0.15) is 19.3 Å². The van der Waals surface area contributed by atoms with E-state index >= 15 is 0 Å². The van der Waals surface area contributed by atoms with Crippen molar-refractivity contribution in [2.45, 2.75) is 156 Å². The summed E-state index contributed by atoms with van der Waals surface area (Å²) >= 11 is 0. The molecule has 0 aromatic carbocycles. The molecule has 0 radical (unpaired) electrons. The minimum Gasteiger partial charge on any atom is -0.412 e. The van der Waals surface area contributed by atoms with Crippen molar-refractivity contribution in [3.63, 3.8) is 0 Å². The van der Waals surface area contributed by atoms with Gasteiger partial charge in [-0.1, -0.05) is 136 Å². The summed E-state index contributed by atoms with van der Waals surface area (Å²) in [6.07, 6.45) is 28.3. The van der Waals surface area contributed by atoms with Gasteiger partial charge in [0.15, 0.2) is 0 Å². The number of rotatable bonds is 18. The maximum atomic E-state index is 3.80. The summed E-state index contributed by atoms with van der Waals surface area (Å²) in [7, 11) is 0. The van der Waals surface area contributed by atoms with E-state index in [4.69, 9.17) is 0 Å². The van der Waals surface area contributed by atoms with Crippen molar-refractivity contribution >= 4 is 0 Å². The van der Waals surface area contributed by atoms with E-state index in [-0.39, 0.29) is 31.3 Å². The third-order valence-electron chi connectivity index (χ3n) is 4.81. The number of unbranched alkanes of at least 4 members (excludes halogenated alkanes) is 18. The van der Waals surface area contributed by atoms with Crippen LogP contribution in [0.25, 0.3) is 0 Å². The van der Waals surface area contributed by atoms with Gasteiger partial charge in [-0.3, -0.25) is 0 Å². The molecule has 0 heterocycles. The van der Waals surface area contributed by atoms with Crippen LogP contribution in [-0.4, -0.2) is 5.48 Å². The van der Waals surface area contributed by atoms with Crippen LogP contribution >= 0.6 is 0 Å². The van der Waals surface area contributed by atoms with Gasteiger partial charge in [0.25, 0.3) is 0 Å². The molecule has 0 saturated heterocycles. The number of hydrogen-bond acceptors (Lipinski definition) is 0. The second-order valence-corrected chi connectivity index (χ2v) is 7.86. The first-order valence-electron chi connectivity index (χ1n) is 12.6. The minimum atomic E-state index is 0. The van der Waals surface area contributed by atoms with Crippen molar-refractivity contribution in [1.29, 1.82) is 0 Å². The van der Waals surface area contributed by atoms with E-state index in [0.29, 0.717) is 0 Å². The monoisotopic (exact) mass is 579 g/mol. The molecule has 0 aromatic rings. The van der Waals surface area contributed by atoms with E-state index in [9.17, 15) is 0 Å². The zero-order valence-corrected chi connectivity index (χ0v) is 24.6. The van der Waals surface area contributed by atoms with Gasteiger partial charge in [0.05, 0.1) is 0 Å². The van der Waals surface area contributed by atoms with Crippen molar-refractivity contribution in [3.05, 3.63) is 20.8 Å². The van der Waals surface area contributed by atoms with Crippen molar-refractivity contribution < 1.29 is 31.3 Å². The fourth-order valence-electron chi connectivity index (χ4n) is 2.87. The topological polar surface area (TPSA) is 31.5 Å². The SMILES string of the molecule is O.[CH2-]CCCCCCCC.[CH2-]CCCCCCCC.[CH2-]CCCCCCCC.[Hf]. The Hall–Kier alpha value is 0.830. The molecule has 0 fully saturated rings. The van der Waals surface area contributed by atoms with Crippen LogP contribution in [0.15, 0.2) is 0 Å². The van der Waals surface area contributed by atoms with Crippen molar-refractivity contribution in [1.82, 2.24) is 0 Å². The molecule has 0 rings (SSSR count). The molecule has 2 heteroatoms. The van der Waals surface area contributed by atoms with Crippen LogP contribution < -0.4 is 0 Å². The molecule has 0 aliphatic carbocycles. The summed E-state index contributed by atoms with van der Waals surface area (Å²) < 4.78 is 0. The molecular formula is C27H59HfO-3. The fourth-order valence-corrected chi connectivity index (χ4v) is 2.87. The molecule has 29 heavy (non-hydrogen) atoms. The third-order valence-corrected chi connectivity index (χ3v) is 4.81. The minimum absolute atomic E-state index is 0. The van der Waals surface area contributed by atoms with Crippen LogP contribution in [0.4, 0.5) is 0 Å². The van der Waals surface area contributed by atoms with E-state index in [2.05, 4.69) is 41.5 Å². The molecule has 0 saturated carbocycles. The summed E-state index contributed by atoms with van der Waals surface area (Å²) in [5, 5.41) is 0. The summed E-state index contributed by atoms with van der Waals surface area (Å²) in [5.74, 6) is 0. The Morgan fingerprint density at radius 2 is 0.517 bits per heavy atom. The molecule has 0 spiro atoms. The Bertz CT molecular complexity index is 146. The van der Waals surface area contributed by atoms with Gasteiger partial charge in [-0.05, 0) is 0 Å². The Morgan fingerprint density at radius 3 is 0.690 bits per heavy atom. The van der Waals surface area contributed by atoms with Crippen LogP contribution in [0.5, 0.6) is 0 Å². The quantitative estimate of drug-likeness (QED) is 0.0881. The van der Waals surface area contributed by atoms with E-state index in [1.807, 2.05) is 0 Å². The van der Waals surface area contributed by atoms with Gasteiger partial charge in [-0.25, -0.2) is 0 Å². The average molecular weight is 578 g/mol. The maximum absolute atomic E-state index is 3.80.